The second-order valence-corrected chi connectivity index (χ2v) is 7.69. The Morgan fingerprint density at radius 3 is 2.26 bits per heavy atom. The minimum absolute atomic E-state index is 0.0503. The van der Waals surface area contributed by atoms with Crippen molar-refractivity contribution in [2.45, 2.75) is 25.1 Å². The SMILES string of the molecule is O=C(NCC1CCCO1)Nc1ccc(NC(=O)c2ccc(-n3ccc(C(F)(F)F)n3)cc2)cc1. The van der Waals surface area contributed by atoms with Gasteiger partial charge in [-0.3, -0.25) is 4.79 Å². The number of nitrogens with one attached hydrogen (secondary N) is 3. The number of ether oxygens (including phenoxy) is 1. The number of hydrogen-bond donors (Lipinski definition) is 3. The quantitative estimate of drug-likeness (QED) is 0.493. The molecule has 3 aromatic rings. The molecule has 1 unspecified atom stereocenters. The summed E-state index contributed by atoms with van der Waals surface area (Å²) in [5.41, 5.74) is 0.793. The number of urea groups is 1. The van der Waals surface area contributed by atoms with E-state index >= 15 is 0 Å². The molecule has 0 aliphatic carbocycles. The van der Waals surface area contributed by atoms with E-state index < -0.39 is 17.8 Å². The van der Waals surface area contributed by atoms with Crippen LogP contribution in [0.2, 0.25) is 0 Å². The molecule has 3 N–H and O–H groups in total. The van der Waals surface area contributed by atoms with Crippen LogP contribution in [-0.4, -0.2) is 41.0 Å². The number of amides is 3. The highest BCUT2D eigenvalue weighted by Crippen LogP contribution is 2.28. The Balaban J connectivity index is 1.30. The van der Waals surface area contributed by atoms with Gasteiger partial charge in [0.15, 0.2) is 5.69 Å². The lowest BCUT2D eigenvalue weighted by Gasteiger charge is -2.12. The summed E-state index contributed by atoms with van der Waals surface area (Å²) in [6.07, 6.45) is -1.34. The fraction of sp³-hybridized carbons (Fsp3) is 0.261. The van der Waals surface area contributed by atoms with E-state index in [4.69, 9.17) is 4.74 Å². The van der Waals surface area contributed by atoms with E-state index in [1.165, 1.54) is 30.5 Å². The Kier molecular flexibility index (Phi) is 6.82. The number of carbonyl (C=O) groups excluding carboxylic acids is 2. The number of alkyl halides is 3. The molecular weight excluding hydrogens is 451 g/mol. The van der Waals surface area contributed by atoms with Gasteiger partial charge in [-0.1, -0.05) is 0 Å². The summed E-state index contributed by atoms with van der Waals surface area (Å²) in [5, 5.41) is 11.7. The summed E-state index contributed by atoms with van der Waals surface area (Å²) in [5.74, 6) is -0.391. The van der Waals surface area contributed by atoms with Crippen molar-refractivity contribution in [1.82, 2.24) is 15.1 Å². The Hall–Kier alpha value is -3.86. The molecule has 2 heterocycles. The second-order valence-electron chi connectivity index (χ2n) is 7.69. The van der Waals surface area contributed by atoms with Crippen molar-refractivity contribution in [3.05, 3.63) is 72.1 Å². The maximum absolute atomic E-state index is 12.7. The van der Waals surface area contributed by atoms with Gasteiger partial charge in [0.25, 0.3) is 5.91 Å². The molecule has 1 fully saturated rings. The van der Waals surface area contributed by atoms with Gasteiger partial charge in [0, 0.05) is 36.3 Å². The first-order valence-electron chi connectivity index (χ1n) is 10.6. The monoisotopic (exact) mass is 473 g/mol. The average molecular weight is 473 g/mol. The summed E-state index contributed by atoms with van der Waals surface area (Å²) in [6, 6.07) is 13.1. The van der Waals surface area contributed by atoms with Crippen molar-refractivity contribution in [2.24, 2.45) is 0 Å². The lowest BCUT2D eigenvalue weighted by atomic mass is 10.2. The molecule has 0 saturated carbocycles. The van der Waals surface area contributed by atoms with Gasteiger partial charge in [-0.15, -0.1) is 0 Å². The number of anilines is 2. The Bertz CT molecular complexity index is 1140. The van der Waals surface area contributed by atoms with Crippen LogP contribution in [0.3, 0.4) is 0 Å². The topological polar surface area (TPSA) is 97.3 Å². The predicted octanol–water partition coefficient (Wildman–Crippen LogP) is 4.44. The number of rotatable bonds is 6. The van der Waals surface area contributed by atoms with E-state index in [1.54, 1.807) is 24.3 Å². The van der Waals surface area contributed by atoms with E-state index in [9.17, 15) is 22.8 Å². The van der Waals surface area contributed by atoms with Gasteiger partial charge in [-0.25, -0.2) is 9.48 Å². The second kappa shape index (κ2) is 9.96. The number of nitrogens with zero attached hydrogens (tertiary/aromatic N) is 2. The molecule has 11 heteroatoms. The summed E-state index contributed by atoms with van der Waals surface area (Å²) in [6.45, 7) is 1.17. The summed E-state index contributed by atoms with van der Waals surface area (Å²) < 4.78 is 44.7. The third-order valence-electron chi connectivity index (χ3n) is 5.19. The van der Waals surface area contributed by atoms with Crippen LogP contribution in [0.25, 0.3) is 5.69 Å². The molecule has 1 aromatic heterocycles. The van der Waals surface area contributed by atoms with Crippen LogP contribution < -0.4 is 16.0 Å². The van der Waals surface area contributed by atoms with Crippen molar-refractivity contribution in [3.63, 3.8) is 0 Å². The average Bonchev–Trinajstić information content (AvgIpc) is 3.51. The van der Waals surface area contributed by atoms with Gasteiger partial charge in [0.2, 0.25) is 0 Å². The van der Waals surface area contributed by atoms with Crippen molar-refractivity contribution in [2.75, 3.05) is 23.8 Å². The van der Waals surface area contributed by atoms with Crippen molar-refractivity contribution >= 4 is 23.3 Å². The molecule has 34 heavy (non-hydrogen) atoms. The van der Waals surface area contributed by atoms with Crippen molar-refractivity contribution in [3.8, 4) is 5.69 Å². The van der Waals surface area contributed by atoms with Crippen molar-refractivity contribution < 1.29 is 27.5 Å². The minimum Gasteiger partial charge on any atom is -0.376 e. The van der Waals surface area contributed by atoms with E-state index in [-0.39, 0.29) is 12.1 Å². The highest BCUT2D eigenvalue weighted by Gasteiger charge is 2.33. The zero-order chi connectivity index (χ0) is 24.1. The molecule has 1 atom stereocenters. The molecular formula is C23H22F3N5O3. The standard InChI is InChI=1S/C23H22F3N5O3/c24-23(25,26)20-11-12-31(30-20)18-9-3-15(4-10-18)21(32)28-16-5-7-17(8-6-16)29-22(33)27-14-19-2-1-13-34-19/h3-12,19H,1-2,13-14H2,(H,28,32)(H2,27,29,33). The molecule has 2 aromatic carbocycles. The van der Waals surface area contributed by atoms with E-state index in [0.717, 1.165) is 30.2 Å². The number of benzene rings is 2. The number of carbonyl (C=O) groups is 2. The zero-order valence-corrected chi connectivity index (χ0v) is 17.9. The molecule has 1 aliphatic rings. The van der Waals surface area contributed by atoms with Crippen LogP contribution >= 0.6 is 0 Å². The van der Waals surface area contributed by atoms with E-state index in [0.29, 0.717) is 29.2 Å². The van der Waals surface area contributed by atoms with Crippen LogP contribution in [0.4, 0.5) is 29.3 Å². The molecule has 1 saturated heterocycles. The fourth-order valence-corrected chi connectivity index (χ4v) is 3.41. The van der Waals surface area contributed by atoms with E-state index in [2.05, 4.69) is 21.0 Å². The van der Waals surface area contributed by atoms with Crippen LogP contribution in [0.15, 0.2) is 60.8 Å². The fourth-order valence-electron chi connectivity index (χ4n) is 3.41. The summed E-state index contributed by atoms with van der Waals surface area (Å²) >= 11 is 0. The number of aromatic nitrogens is 2. The van der Waals surface area contributed by atoms with Gasteiger partial charge < -0.3 is 20.7 Å². The molecule has 178 valence electrons. The third-order valence-corrected chi connectivity index (χ3v) is 5.19. The molecule has 0 radical (unpaired) electrons. The molecule has 1 aliphatic heterocycles. The molecule has 4 rings (SSSR count). The van der Waals surface area contributed by atoms with Gasteiger partial charge in [-0.2, -0.15) is 18.3 Å². The largest absolute Gasteiger partial charge is 0.435 e. The lowest BCUT2D eigenvalue weighted by molar-refractivity contribution is -0.141. The first-order chi connectivity index (χ1) is 16.3. The Labute approximate surface area is 193 Å². The number of hydrogen-bond acceptors (Lipinski definition) is 4. The zero-order valence-electron chi connectivity index (χ0n) is 17.9. The van der Waals surface area contributed by atoms with Crippen LogP contribution in [0, 0.1) is 0 Å². The predicted molar refractivity (Wildman–Crippen MR) is 119 cm³/mol. The first kappa shape index (κ1) is 23.3. The third kappa shape index (κ3) is 5.93. The van der Waals surface area contributed by atoms with Gasteiger partial charge in [0.05, 0.1) is 11.8 Å². The smallest absolute Gasteiger partial charge is 0.376 e. The van der Waals surface area contributed by atoms with Crippen LogP contribution in [0.1, 0.15) is 28.9 Å². The van der Waals surface area contributed by atoms with E-state index in [1.807, 2.05) is 0 Å². The summed E-state index contributed by atoms with van der Waals surface area (Å²) in [4.78, 5) is 24.5. The molecule has 8 nitrogen and oxygen atoms in total. The molecule has 3 amide bonds. The Morgan fingerprint density at radius 1 is 1.00 bits per heavy atom. The molecule has 0 bridgehead atoms. The molecule has 0 spiro atoms. The normalized spacial score (nSPS) is 15.7. The van der Waals surface area contributed by atoms with Gasteiger partial charge >= 0.3 is 12.2 Å². The van der Waals surface area contributed by atoms with Crippen LogP contribution in [-0.2, 0) is 10.9 Å². The first-order valence-corrected chi connectivity index (χ1v) is 10.6. The number of halogens is 3. The maximum Gasteiger partial charge on any atom is 0.435 e. The van der Waals surface area contributed by atoms with Crippen LogP contribution in [0.5, 0.6) is 0 Å². The lowest BCUT2D eigenvalue weighted by Crippen LogP contribution is -2.35. The van der Waals surface area contributed by atoms with Crippen molar-refractivity contribution in [1.29, 1.82) is 0 Å². The maximum atomic E-state index is 12.7. The highest BCUT2D eigenvalue weighted by atomic mass is 19.4. The van der Waals surface area contributed by atoms with Gasteiger partial charge in [0.1, 0.15) is 0 Å². The minimum atomic E-state index is -4.52. The Morgan fingerprint density at radius 2 is 1.68 bits per heavy atom. The summed E-state index contributed by atoms with van der Waals surface area (Å²) in [7, 11) is 0. The highest BCUT2D eigenvalue weighted by molar-refractivity contribution is 6.04. The van der Waals surface area contributed by atoms with Gasteiger partial charge in [-0.05, 0) is 67.4 Å².